The van der Waals surface area contributed by atoms with Gasteiger partial charge in [0.25, 0.3) is 0 Å². The zero-order chi connectivity index (χ0) is 20.7. The fourth-order valence-electron chi connectivity index (χ4n) is 4.10. The van der Waals surface area contributed by atoms with Crippen LogP contribution in [0.1, 0.15) is 109 Å². The van der Waals surface area contributed by atoms with E-state index < -0.39 is 12.3 Å². The van der Waals surface area contributed by atoms with Gasteiger partial charge >= 0.3 is 5.97 Å². The van der Waals surface area contributed by atoms with Crippen LogP contribution < -0.4 is 0 Å². The van der Waals surface area contributed by atoms with Crippen molar-refractivity contribution in [3.8, 4) is 0 Å². The third kappa shape index (κ3) is 10.3. The van der Waals surface area contributed by atoms with Crippen molar-refractivity contribution < 1.29 is 19.4 Å². The molecular formula is C25H40O4. The molecule has 3 atom stereocenters. The van der Waals surface area contributed by atoms with Crippen LogP contribution in [0.25, 0.3) is 0 Å². The molecule has 1 aromatic rings. The number of hydrogen-bond acceptors (Lipinski definition) is 3. The SMILES string of the molecule is CCCCCCCCCCCCC[C@@H]1C[C@H](CC(=O)O)O[C@H](c2ccccc2)O1. The van der Waals surface area contributed by atoms with Crippen LogP contribution in [0, 0.1) is 0 Å². The molecule has 0 saturated carbocycles. The fraction of sp³-hybridized carbons (Fsp3) is 0.720. The van der Waals surface area contributed by atoms with Crippen LogP contribution >= 0.6 is 0 Å². The highest BCUT2D eigenvalue weighted by molar-refractivity contribution is 5.67. The van der Waals surface area contributed by atoms with E-state index in [0.29, 0.717) is 6.42 Å². The van der Waals surface area contributed by atoms with E-state index in [1.807, 2.05) is 30.3 Å². The first kappa shape index (κ1) is 23.9. The number of hydrogen-bond donors (Lipinski definition) is 1. The van der Waals surface area contributed by atoms with Crippen LogP contribution in [0.2, 0.25) is 0 Å². The number of carboxylic acid groups (broad SMARTS) is 1. The van der Waals surface area contributed by atoms with Crippen LogP contribution in [0.5, 0.6) is 0 Å². The first-order valence-electron chi connectivity index (χ1n) is 11.8. The molecule has 0 spiro atoms. The number of aliphatic carboxylic acids is 1. The van der Waals surface area contributed by atoms with E-state index in [4.69, 9.17) is 14.6 Å². The molecule has 1 aliphatic heterocycles. The van der Waals surface area contributed by atoms with Gasteiger partial charge in [0.2, 0.25) is 0 Å². The molecule has 1 N–H and O–H groups in total. The Hall–Kier alpha value is -1.39. The summed E-state index contributed by atoms with van der Waals surface area (Å²) in [6.45, 7) is 2.26. The van der Waals surface area contributed by atoms with Gasteiger partial charge in [-0.15, -0.1) is 0 Å². The minimum atomic E-state index is -0.808. The zero-order valence-corrected chi connectivity index (χ0v) is 18.2. The van der Waals surface area contributed by atoms with Gasteiger partial charge in [-0.05, 0) is 6.42 Å². The maximum absolute atomic E-state index is 11.2. The molecular weight excluding hydrogens is 364 g/mol. The number of carboxylic acids is 1. The van der Waals surface area contributed by atoms with Gasteiger partial charge in [0, 0.05) is 12.0 Å². The van der Waals surface area contributed by atoms with E-state index in [0.717, 1.165) is 18.4 Å². The topological polar surface area (TPSA) is 55.8 Å². The molecule has 1 saturated heterocycles. The first-order chi connectivity index (χ1) is 14.2. The summed E-state index contributed by atoms with van der Waals surface area (Å²) in [5.74, 6) is -0.808. The molecule has 0 radical (unpaired) electrons. The van der Waals surface area contributed by atoms with Gasteiger partial charge in [-0.2, -0.15) is 0 Å². The Morgan fingerprint density at radius 1 is 0.862 bits per heavy atom. The predicted octanol–water partition coefficient (Wildman–Crippen LogP) is 7.04. The van der Waals surface area contributed by atoms with E-state index in [1.54, 1.807) is 0 Å². The summed E-state index contributed by atoms with van der Waals surface area (Å²) < 4.78 is 12.1. The van der Waals surface area contributed by atoms with Crippen LogP contribution in [-0.4, -0.2) is 23.3 Å². The van der Waals surface area contributed by atoms with Crippen LogP contribution in [0.4, 0.5) is 0 Å². The van der Waals surface area contributed by atoms with Gasteiger partial charge in [0.1, 0.15) is 0 Å². The second-order valence-electron chi connectivity index (χ2n) is 8.42. The average molecular weight is 405 g/mol. The molecule has 0 aromatic heterocycles. The van der Waals surface area contributed by atoms with E-state index in [2.05, 4.69) is 6.92 Å². The number of ether oxygens (including phenoxy) is 2. The highest BCUT2D eigenvalue weighted by Gasteiger charge is 2.31. The van der Waals surface area contributed by atoms with Gasteiger partial charge in [0.05, 0.1) is 18.6 Å². The third-order valence-corrected chi connectivity index (χ3v) is 5.76. The van der Waals surface area contributed by atoms with Crippen molar-refractivity contribution in [1.82, 2.24) is 0 Å². The molecule has 1 heterocycles. The van der Waals surface area contributed by atoms with Crippen LogP contribution in [-0.2, 0) is 14.3 Å². The van der Waals surface area contributed by atoms with Crippen LogP contribution in [0.3, 0.4) is 0 Å². The molecule has 0 amide bonds. The van der Waals surface area contributed by atoms with Crippen molar-refractivity contribution in [3.05, 3.63) is 35.9 Å². The minimum absolute atomic E-state index is 0.0431. The lowest BCUT2D eigenvalue weighted by Gasteiger charge is -2.35. The number of benzene rings is 1. The van der Waals surface area contributed by atoms with Crippen molar-refractivity contribution in [2.45, 2.75) is 115 Å². The monoisotopic (exact) mass is 404 g/mol. The second kappa shape index (κ2) is 14.6. The Labute approximate surface area is 177 Å². The average Bonchev–Trinajstić information content (AvgIpc) is 2.72. The fourth-order valence-corrected chi connectivity index (χ4v) is 4.10. The molecule has 0 bridgehead atoms. The summed E-state index contributed by atoms with van der Waals surface area (Å²) in [7, 11) is 0. The number of unbranched alkanes of at least 4 members (excludes halogenated alkanes) is 10. The molecule has 2 rings (SSSR count). The lowest BCUT2D eigenvalue weighted by Crippen LogP contribution is -2.35. The minimum Gasteiger partial charge on any atom is -0.481 e. The van der Waals surface area contributed by atoms with Crippen LogP contribution in [0.15, 0.2) is 30.3 Å². The van der Waals surface area contributed by atoms with Crippen molar-refractivity contribution in [3.63, 3.8) is 0 Å². The van der Waals surface area contributed by atoms with Gasteiger partial charge in [0.15, 0.2) is 6.29 Å². The van der Waals surface area contributed by atoms with Crippen molar-refractivity contribution in [1.29, 1.82) is 0 Å². The molecule has 164 valence electrons. The summed E-state index contributed by atoms with van der Waals surface area (Å²) in [6, 6.07) is 9.84. The molecule has 4 nitrogen and oxygen atoms in total. The van der Waals surface area contributed by atoms with Crippen molar-refractivity contribution >= 4 is 5.97 Å². The van der Waals surface area contributed by atoms with E-state index in [-0.39, 0.29) is 18.6 Å². The normalized spacial score (nSPS) is 21.9. The third-order valence-electron chi connectivity index (χ3n) is 5.76. The summed E-state index contributed by atoms with van der Waals surface area (Å²) in [5, 5.41) is 9.17. The van der Waals surface area contributed by atoms with E-state index in [9.17, 15) is 4.79 Å². The molecule has 1 aliphatic rings. The van der Waals surface area contributed by atoms with E-state index in [1.165, 1.54) is 64.2 Å². The number of rotatable bonds is 15. The summed E-state index contributed by atoms with van der Waals surface area (Å²) in [6.07, 6.45) is 15.7. The summed E-state index contributed by atoms with van der Waals surface area (Å²) in [5.41, 5.74) is 0.964. The Morgan fingerprint density at radius 2 is 1.41 bits per heavy atom. The molecule has 1 fully saturated rings. The maximum Gasteiger partial charge on any atom is 0.305 e. The molecule has 0 unspecified atom stereocenters. The quantitative estimate of drug-likeness (QED) is 0.319. The molecule has 4 heteroatoms. The Kier molecular flexibility index (Phi) is 12.0. The highest BCUT2D eigenvalue weighted by Crippen LogP contribution is 2.33. The Bertz CT molecular complexity index is 545. The van der Waals surface area contributed by atoms with Gasteiger partial charge in [-0.3, -0.25) is 4.79 Å². The molecule has 29 heavy (non-hydrogen) atoms. The molecule has 1 aromatic carbocycles. The van der Waals surface area contributed by atoms with Crippen molar-refractivity contribution in [2.75, 3.05) is 0 Å². The van der Waals surface area contributed by atoms with Gasteiger partial charge in [-0.1, -0.05) is 108 Å². The lowest BCUT2D eigenvalue weighted by atomic mass is 10.00. The smallest absolute Gasteiger partial charge is 0.305 e. The Balaban J connectivity index is 1.63. The largest absolute Gasteiger partial charge is 0.481 e. The van der Waals surface area contributed by atoms with Gasteiger partial charge < -0.3 is 14.6 Å². The standard InChI is InChI=1S/C25H40O4/c1-2-3-4-5-6-7-8-9-10-11-15-18-22-19-23(20-24(26)27)29-25(28-22)21-16-13-12-14-17-21/h12-14,16-17,22-23,25H,2-11,15,18-20H2,1H3,(H,26,27)/t22-,23-,25-/m1/s1. The number of carbonyl (C=O) groups is 1. The summed E-state index contributed by atoms with van der Waals surface area (Å²) in [4.78, 5) is 11.2. The second-order valence-corrected chi connectivity index (χ2v) is 8.42. The van der Waals surface area contributed by atoms with Crippen molar-refractivity contribution in [2.24, 2.45) is 0 Å². The first-order valence-corrected chi connectivity index (χ1v) is 11.8. The maximum atomic E-state index is 11.2. The lowest BCUT2D eigenvalue weighted by molar-refractivity contribution is -0.250. The summed E-state index contributed by atoms with van der Waals surface area (Å²) >= 11 is 0. The molecule has 0 aliphatic carbocycles. The Morgan fingerprint density at radius 3 is 2.00 bits per heavy atom. The van der Waals surface area contributed by atoms with E-state index >= 15 is 0 Å². The van der Waals surface area contributed by atoms with Gasteiger partial charge in [-0.25, -0.2) is 0 Å². The predicted molar refractivity (Wildman–Crippen MR) is 117 cm³/mol. The highest BCUT2D eigenvalue weighted by atomic mass is 16.7. The zero-order valence-electron chi connectivity index (χ0n) is 18.2.